The summed E-state index contributed by atoms with van der Waals surface area (Å²) in [7, 11) is 0. The molecule has 0 radical (unpaired) electrons. The van der Waals surface area contributed by atoms with E-state index >= 15 is 0 Å². The summed E-state index contributed by atoms with van der Waals surface area (Å²) in [5, 5.41) is 10.1. The van der Waals surface area contributed by atoms with Crippen LogP contribution in [0.5, 0.6) is 0 Å². The fourth-order valence-corrected chi connectivity index (χ4v) is 1.41. The second kappa shape index (κ2) is 5.53. The van der Waals surface area contributed by atoms with Crippen LogP contribution in [0, 0.1) is 5.41 Å². The van der Waals surface area contributed by atoms with Crippen molar-refractivity contribution in [2.75, 3.05) is 0 Å². The third kappa shape index (κ3) is 4.45. The molecule has 1 aromatic carbocycles. The molecule has 0 aliphatic rings. The van der Waals surface area contributed by atoms with Crippen LogP contribution in [0.1, 0.15) is 32.4 Å². The second-order valence-corrected chi connectivity index (χ2v) is 4.95. The molecule has 5 heteroatoms. The Labute approximate surface area is 107 Å². The molecule has 1 amide bonds. The smallest absolute Gasteiger partial charge is 0.408 e. The highest BCUT2D eigenvalue weighted by Crippen LogP contribution is 2.14. The summed E-state index contributed by atoms with van der Waals surface area (Å²) in [5.74, 6) is -0.132. The van der Waals surface area contributed by atoms with E-state index in [2.05, 4.69) is 5.32 Å². The van der Waals surface area contributed by atoms with Crippen LogP contribution in [0.2, 0.25) is 0 Å². The van der Waals surface area contributed by atoms with Gasteiger partial charge in [0, 0.05) is 0 Å². The summed E-state index contributed by atoms with van der Waals surface area (Å²) >= 11 is 0. The van der Waals surface area contributed by atoms with Gasteiger partial charge in [0.15, 0.2) is 0 Å². The molecule has 0 aromatic heterocycles. The van der Waals surface area contributed by atoms with Crippen LogP contribution in [-0.4, -0.2) is 17.5 Å². The minimum Gasteiger partial charge on any atom is -0.444 e. The Morgan fingerprint density at radius 3 is 2.33 bits per heavy atom. The number of benzene rings is 1. The molecule has 0 saturated carbocycles. The van der Waals surface area contributed by atoms with Gasteiger partial charge >= 0.3 is 6.09 Å². The van der Waals surface area contributed by atoms with Crippen molar-refractivity contribution in [3.63, 3.8) is 0 Å². The van der Waals surface area contributed by atoms with Crippen molar-refractivity contribution in [2.45, 2.75) is 32.4 Å². The predicted octanol–water partition coefficient (Wildman–Crippen LogP) is 2.19. The first-order valence-electron chi connectivity index (χ1n) is 5.68. The van der Waals surface area contributed by atoms with Gasteiger partial charge in [-0.1, -0.05) is 30.3 Å². The summed E-state index contributed by atoms with van der Waals surface area (Å²) in [4.78, 5) is 11.7. The lowest BCUT2D eigenvalue weighted by atomic mass is 10.1. The predicted molar refractivity (Wildman–Crippen MR) is 70.5 cm³/mol. The van der Waals surface area contributed by atoms with E-state index in [9.17, 15) is 4.79 Å². The molecular weight excluding hydrogens is 230 g/mol. The molecule has 0 aliphatic carbocycles. The summed E-state index contributed by atoms with van der Waals surface area (Å²) < 4.78 is 5.14. The van der Waals surface area contributed by atoms with Gasteiger partial charge in [0.1, 0.15) is 17.5 Å². The maximum Gasteiger partial charge on any atom is 0.408 e. The highest BCUT2D eigenvalue weighted by atomic mass is 16.6. The maximum atomic E-state index is 11.7. The van der Waals surface area contributed by atoms with E-state index in [1.54, 1.807) is 32.9 Å². The number of hydrogen-bond acceptors (Lipinski definition) is 3. The zero-order valence-corrected chi connectivity index (χ0v) is 10.9. The molecule has 1 rings (SSSR count). The van der Waals surface area contributed by atoms with Gasteiger partial charge in [0.05, 0.1) is 0 Å². The highest BCUT2D eigenvalue weighted by Gasteiger charge is 2.21. The van der Waals surface area contributed by atoms with Crippen molar-refractivity contribution in [3.05, 3.63) is 35.9 Å². The maximum absolute atomic E-state index is 11.7. The highest BCUT2D eigenvalue weighted by molar-refractivity contribution is 5.87. The second-order valence-electron chi connectivity index (χ2n) is 4.95. The minimum absolute atomic E-state index is 0.132. The first kappa shape index (κ1) is 14.0. The Morgan fingerprint density at radius 1 is 1.33 bits per heavy atom. The molecule has 4 N–H and O–H groups in total. The Kier molecular flexibility index (Phi) is 4.31. The minimum atomic E-state index is -0.666. The lowest BCUT2D eigenvalue weighted by molar-refractivity contribution is 0.0517. The molecule has 1 unspecified atom stereocenters. The molecule has 0 heterocycles. The lowest BCUT2D eigenvalue weighted by Gasteiger charge is -2.23. The van der Waals surface area contributed by atoms with E-state index in [1.807, 2.05) is 18.2 Å². The van der Waals surface area contributed by atoms with E-state index in [4.69, 9.17) is 15.9 Å². The molecule has 1 atom stereocenters. The number of nitrogens with two attached hydrogens (primary N) is 1. The standard InChI is InChI=1S/C13H19N3O2/c1-13(2,3)18-12(17)16-10(11(14)15)9-7-5-4-6-8-9/h4-8,10H,1-3H3,(H3,14,15)(H,16,17). The fraction of sp³-hybridized carbons (Fsp3) is 0.385. The third-order valence-corrected chi connectivity index (χ3v) is 2.10. The molecular formula is C13H19N3O2. The number of alkyl carbamates (subject to hydrolysis) is 1. The van der Waals surface area contributed by atoms with Gasteiger partial charge in [-0.2, -0.15) is 0 Å². The largest absolute Gasteiger partial charge is 0.444 e. The average Bonchev–Trinajstić information content (AvgIpc) is 2.24. The zero-order chi connectivity index (χ0) is 13.8. The van der Waals surface area contributed by atoms with E-state index < -0.39 is 17.7 Å². The topological polar surface area (TPSA) is 88.2 Å². The van der Waals surface area contributed by atoms with Gasteiger partial charge in [-0.25, -0.2) is 4.79 Å². The van der Waals surface area contributed by atoms with Crippen LogP contribution < -0.4 is 11.1 Å². The van der Waals surface area contributed by atoms with Crippen LogP contribution in [-0.2, 0) is 4.74 Å². The molecule has 0 aliphatic heterocycles. The van der Waals surface area contributed by atoms with Gasteiger partial charge in [0.2, 0.25) is 0 Å². The molecule has 0 fully saturated rings. The summed E-state index contributed by atoms with van der Waals surface area (Å²) in [6.45, 7) is 5.33. The zero-order valence-electron chi connectivity index (χ0n) is 10.9. The van der Waals surface area contributed by atoms with Crippen molar-refractivity contribution >= 4 is 11.9 Å². The van der Waals surface area contributed by atoms with Crippen LogP contribution >= 0.6 is 0 Å². The van der Waals surface area contributed by atoms with E-state index in [0.29, 0.717) is 0 Å². The van der Waals surface area contributed by atoms with Crippen LogP contribution in [0.15, 0.2) is 30.3 Å². The Morgan fingerprint density at radius 2 is 1.89 bits per heavy atom. The quantitative estimate of drug-likeness (QED) is 0.566. The van der Waals surface area contributed by atoms with Crippen molar-refractivity contribution in [3.8, 4) is 0 Å². The van der Waals surface area contributed by atoms with Crippen LogP contribution in [0.3, 0.4) is 0 Å². The normalized spacial score (nSPS) is 12.6. The third-order valence-electron chi connectivity index (χ3n) is 2.10. The number of hydrogen-bond donors (Lipinski definition) is 3. The molecule has 1 aromatic rings. The lowest BCUT2D eigenvalue weighted by Crippen LogP contribution is -2.40. The molecule has 0 spiro atoms. The molecule has 5 nitrogen and oxygen atoms in total. The van der Waals surface area contributed by atoms with Gasteiger partial charge in [-0.3, -0.25) is 5.41 Å². The average molecular weight is 249 g/mol. The molecule has 0 saturated heterocycles. The van der Waals surface area contributed by atoms with Crippen LogP contribution in [0.25, 0.3) is 0 Å². The SMILES string of the molecule is CC(C)(C)OC(=O)NC(C(=N)N)c1ccccc1. The first-order chi connectivity index (χ1) is 8.29. The number of amidine groups is 1. The number of amides is 1. The van der Waals surface area contributed by atoms with Crippen LogP contribution in [0.4, 0.5) is 4.79 Å². The molecule has 18 heavy (non-hydrogen) atoms. The number of carbonyl (C=O) groups excluding carboxylic acids is 1. The van der Waals surface area contributed by atoms with Crippen molar-refractivity contribution in [2.24, 2.45) is 5.73 Å². The Bertz CT molecular complexity index is 424. The van der Waals surface area contributed by atoms with Gasteiger partial charge in [-0.15, -0.1) is 0 Å². The number of ether oxygens (including phenoxy) is 1. The fourth-order valence-electron chi connectivity index (χ4n) is 1.41. The number of carbonyl (C=O) groups is 1. The summed E-state index contributed by atoms with van der Waals surface area (Å²) in [5.41, 5.74) is 5.66. The van der Waals surface area contributed by atoms with E-state index in [0.717, 1.165) is 5.56 Å². The van der Waals surface area contributed by atoms with E-state index in [-0.39, 0.29) is 5.84 Å². The number of nitrogens with one attached hydrogen (secondary N) is 2. The Balaban J connectivity index is 2.77. The monoisotopic (exact) mass is 249 g/mol. The summed E-state index contributed by atoms with van der Waals surface area (Å²) in [6.07, 6.45) is -0.591. The van der Waals surface area contributed by atoms with Crippen molar-refractivity contribution in [1.29, 1.82) is 5.41 Å². The molecule has 98 valence electrons. The van der Waals surface area contributed by atoms with Gasteiger partial charge in [0.25, 0.3) is 0 Å². The van der Waals surface area contributed by atoms with E-state index in [1.165, 1.54) is 0 Å². The number of rotatable bonds is 3. The van der Waals surface area contributed by atoms with Gasteiger partial charge in [-0.05, 0) is 26.3 Å². The molecule has 0 bridgehead atoms. The Hall–Kier alpha value is -2.04. The first-order valence-corrected chi connectivity index (χ1v) is 5.68. The van der Waals surface area contributed by atoms with Crippen molar-refractivity contribution in [1.82, 2.24) is 5.32 Å². The van der Waals surface area contributed by atoms with Crippen molar-refractivity contribution < 1.29 is 9.53 Å². The van der Waals surface area contributed by atoms with Gasteiger partial charge < -0.3 is 15.8 Å². The summed E-state index contributed by atoms with van der Waals surface area (Å²) in [6, 6.07) is 8.42.